The molecule has 0 radical (unpaired) electrons. The number of nitrogens with one attached hydrogen (secondary N) is 1. The first kappa shape index (κ1) is 14.2. The first-order valence-corrected chi connectivity index (χ1v) is 7.98. The minimum atomic E-state index is 0.695. The Morgan fingerprint density at radius 2 is 2.24 bits per heavy atom. The zero-order valence-electron chi connectivity index (χ0n) is 12.7. The van der Waals surface area contributed by atoms with E-state index in [0.717, 1.165) is 30.0 Å². The third-order valence-corrected chi connectivity index (χ3v) is 4.62. The molecule has 0 saturated heterocycles. The highest BCUT2D eigenvalue weighted by Gasteiger charge is 2.17. The van der Waals surface area contributed by atoms with Crippen LogP contribution < -0.4 is 5.32 Å². The molecule has 2 atom stereocenters. The van der Waals surface area contributed by atoms with Crippen LogP contribution in [0, 0.1) is 17.2 Å². The molecule has 3 nitrogen and oxygen atoms in total. The van der Waals surface area contributed by atoms with E-state index in [4.69, 9.17) is 5.26 Å². The number of aromatic nitrogens is 1. The number of hydrogen-bond acceptors (Lipinski definition) is 2. The molecular weight excluding hydrogens is 258 g/mol. The van der Waals surface area contributed by atoms with Gasteiger partial charge in [-0.3, -0.25) is 0 Å². The van der Waals surface area contributed by atoms with Crippen LogP contribution in [0.2, 0.25) is 0 Å². The number of benzene rings is 1. The Labute approximate surface area is 126 Å². The Morgan fingerprint density at radius 3 is 3.05 bits per heavy atom. The summed E-state index contributed by atoms with van der Waals surface area (Å²) in [4.78, 5) is 0. The Hall–Kier alpha value is -1.79. The summed E-state index contributed by atoms with van der Waals surface area (Å²) in [5.74, 6) is 0.869. The van der Waals surface area contributed by atoms with E-state index in [2.05, 4.69) is 41.2 Å². The average Bonchev–Trinajstić information content (AvgIpc) is 2.90. The summed E-state index contributed by atoms with van der Waals surface area (Å²) >= 11 is 0. The first-order chi connectivity index (χ1) is 10.3. The van der Waals surface area contributed by atoms with Crippen molar-refractivity contribution in [1.29, 1.82) is 5.26 Å². The maximum absolute atomic E-state index is 8.94. The molecule has 1 saturated carbocycles. The standard InChI is InChI=1S/C18H23N3/c1-14-3-2-4-17(11-14)20-8-10-21-9-7-16-12-15(13-19)5-6-18(16)21/h5-7,9,12,14,17,20H,2-4,8,10-11H2,1H3. The SMILES string of the molecule is CC1CCCC(NCCn2ccc3cc(C#N)ccc32)C1. The fraction of sp³-hybridized carbons (Fsp3) is 0.500. The highest BCUT2D eigenvalue weighted by molar-refractivity contribution is 5.81. The van der Waals surface area contributed by atoms with Crippen LogP contribution in [-0.4, -0.2) is 17.2 Å². The van der Waals surface area contributed by atoms with Crippen LogP contribution in [0.5, 0.6) is 0 Å². The van der Waals surface area contributed by atoms with Gasteiger partial charge in [-0.1, -0.05) is 19.8 Å². The first-order valence-electron chi connectivity index (χ1n) is 7.98. The summed E-state index contributed by atoms with van der Waals surface area (Å²) in [6.07, 6.45) is 7.51. The topological polar surface area (TPSA) is 40.8 Å². The molecule has 1 aromatic heterocycles. The van der Waals surface area contributed by atoms with Gasteiger partial charge in [0.15, 0.2) is 0 Å². The largest absolute Gasteiger partial charge is 0.346 e. The van der Waals surface area contributed by atoms with Gasteiger partial charge in [0.2, 0.25) is 0 Å². The van der Waals surface area contributed by atoms with Crippen LogP contribution >= 0.6 is 0 Å². The molecule has 1 heterocycles. The van der Waals surface area contributed by atoms with Crippen molar-refractivity contribution in [1.82, 2.24) is 9.88 Å². The second-order valence-corrected chi connectivity index (χ2v) is 6.32. The normalized spacial score (nSPS) is 22.3. The fourth-order valence-corrected chi connectivity index (χ4v) is 3.47. The Kier molecular flexibility index (Phi) is 4.26. The van der Waals surface area contributed by atoms with Gasteiger partial charge in [0.05, 0.1) is 11.6 Å². The molecule has 0 amide bonds. The number of nitriles is 1. The van der Waals surface area contributed by atoms with Gasteiger partial charge in [-0.05, 0) is 43.0 Å². The lowest BCUT2D eigenvalue weighted by Crippen LogP contribution is -2.35. The summed E-state index contributed by atoms with van der Waals surface area (Å²) in [5.41, 5.74) is 1.95. The van der Waals surface area contributed by atoms with E-state index < -0.39 is 0 Å². The molecule has 0 bridgehead atoms. The molecule has 0 spiro atoms. The molecule has 0 aliphatic heterocycles. The highest BCUT2D eigenvalue weighted by Crippen LogP contribution is 2.23. The Bertz CT molecular complexity index is 650. The van der Waals surface area contributed by atoms with Crippen LogP contribution in [0.4, 0.5) is 0 Å². The molecule has 21 heavy (non-hydrogen) atoms. The summed E-state index contributed by atoms with van der Waals surface area (Å²) in [6, 6.07) is 10.9. The second-order valence-electron chi connectivity index (χ2n) is 6.32. The Morgan fingerprint density at radius 1 is 1.33 bits per heavy atom. The molecular formula is C18H23N3. The van der Waals surface area contributed by atoms with Crippen LogP contribution in [0.3, 0.4) is 0 Å². The van der Waals surface area contributed by atoms with Crippen molar-refractivity contribution in [3.8, 4) is 6.07 Å². The smallest absolute Gasteiger partial charge is 0.0991 e. The summed E-state index contributed by atoms with van der Waals surface area (Å²) in [6.45, 7) is 4.36. The van der Waals surface area contributed by atoms with Crippen molar-refractivity contribution < 1.29 is 0 Å². The van der Waals surface area contributed by atoms with Crippen LogP contribution in [0.1, 0.15) is 38.2 Å². The minimum absolute atomic E-state index is 0.695. The lowest BCUT2D eigenvalue weighted by Gasteiger charge is -2.27. The molecule has 2 aromatic rings. The zero-order valence-corrected chi connectivity index (χ0v) is 12.7. The highest BCUT2D eigenvalue weighted by atomic mass is 15.0. The number of hydrogen-bond donors (Lipinski definition) is 1. The van der Waals surface area contributed by atoms with E-state index in [-0.39, 0.29) is 0 Å². The summed E-state index contributed by atoms with van der Waals surface area (Å²) < 4.78 is 2.27. The molecule has 1 fully saturated rings. The van der Waals surface area contributed by atoms with Gasteiger partial charge in [-0.2, -0.15) is 5.26 Å². The van der Waals surface area contributed by atoms with E-state index in [9.17, 15) is 0 Å². The average molecular weight is 281 g/mol. The minimum Gasteiger partial charge on any atom is -0.346 e. The van der Waals surface area contributed by atoms with Crippen LogP contribution in [-0.2, 0) is 6.54 Å². The third kappa shape index (κ3) is 3.28. The van der Waals surface area contributed by atoms with E-state index in [1.807, 2.05) is 12.1 Å². The van der Waals surface area contributed by atoms with E-state index in [1.54, 1.807) is 0 Å². The van der Waals surface area contributed by atoms with Crippen molar-refractivity contribution >= 4 is 10.9 Å². The maximum atomic E-state index is 8.94. The Balaban J connectivity index is 1.59. The number of fused-ring (bicyclic) bond motifs is 1. The van der Waals surface area contributed by atoms with Crippen molar-refractivity contribution in [2.24, 2.45) is 5.92 Å². The molecule has 3 rings (SSSR count). The lowest BCUT2D eigenvalue weighted by molar-refractivity contribution is 0.299. The van der Waals surface area contributed by atoms with Crippen LogP contribution in [0.25, 0.3) is 10.9 Å². The monoisotopic (exact) mass is 281 g/mol. The number of nitrogens with zero attached hydrogens (tertiary/aromatic N) is 2. The van der Waals surface area contributed by atoms with E-state index in [0.29, 0.717) is 6.04 Å². The summed E-state index contributed by atoms with van der Waals surface area (Å²) in [5, 5.41) is 13.8. The zero-order chi connectivity index (χ0) is 14.7. The van der Waals surface area contributed by atoms with Gasteiger partial charge in [0.1, 0.15) is 0 Å². The van der Waals surface area contributed by atoms with Crippen molar-refractivity contribution in [2.45, 2.75) is 45.2 Å². The van der Waals surface area contributed by atoms with Gasteiger partial charge in [0.25, 0.3) is 0 Å². The fourth-order valence-electron chi connectivity index (χ4n) is 3.47. The van der Waals surface area contributed by atoms with Crippen molar-refractivity contribution in [3.05, 3.63) is 36.0 Å². The lowest BCUT2D eigenvalue weighted by atomic mass is 9.87. The van der Waals surface area contributed by atoms with Gasteiger partial charge in [-0.25, -0.2) is 0 Å². The molecule has 1 N–H and O–H groups in total. The van der Waals surface area contributed by atoms with Gasteiger partial charge in [0, 0.05) is 36.2 Å². The molecule has 1 aliphatic carbocycles. The van der Waals surface area contributed by atoms with Gasteiger partial charge < -0.3 is 9.88 Å². The van der Waals surface area contributed by atoms with Crippen molar-refractivity contribution in [2.75, 3.05) is 6.54 Å². The molecule has 1 aromatic carbocycles. The predicted octanol–water partition coefficient (Wildman–Crippen LogP) is 3.68. The second kappa shape index (κ2) is 6.32. The quantitative estimate of drug-likeness (QED) is 0.928. The van der Waals surface area contributed by atoms with Gasteiger partial charge >= 0.3 is 0 Å². The van der Waals surface area contributed by atoms with Crippen molar-refractivity contribution in [3.63, 3.8) is 0 Å². The maximum Gasteiger partial charge on any atom is 0.0991 e. The van der Waals surface area contributed by atoms with Gasteiger partial charge in [-0.15, -0.1) is 0 Å². The molecule has 2 unspecified atom stereocenters. The van der Waals surface area contributed by atoms with E-state index >= 15 is 0 Å². The molecule has 110 valence electrons. The summed E-state index contributed by atoms with van der Waals surface area (Å²) in [7, 11) is 0. The number of rotatable bonds is 4. The molecule has 1 aliphatic rings. The third-order valence-electron chi connectivity index (χ3n) is 4.62. The predicted molar refractivity (Wildman–Crippen MR) is 86.1 cm³/mol. The van der Waals surface area contributed by atoms with Crippen LogP contribution in [0.15, 0.2) is 30.5 Å². The molecule has 3 heteroatoms. The van der Waals surface area contributed by atoms with E-state index in [1.165, 1.54) is 31.2 Å².